The van der Waals surface area contributed by atoms with Crippen molar-refractivity contribution in [2.75, 3.05) is 11.9 Å². The second kappa shape index (κ2) is 5.73. The fourth-order valence-electron chi connectivity index (χ4n) is 1.88. The van der Waals surface area contributed by atoms with Gasteiger partial charge < -0.3 is 5.32 Å². The molecule has 1 N–H and O–H groups in total. The van der Waals surface area contributed by atoms with Crippen LogP contribution in [0, 0.1) is 25.5 Å². The van der Waals surface area contributed by atoms with Gasteiger partial charge in [0.25, 0.3) is 0 Å². The van der Waals surface area contributed by atoms with Crippen molar-refractivity contribution < 1.29 is 8.78 Å². The molecule has 0 radical (unpaired) electrons. The van der Waals surface area contributed by atoms with Crippen molar-refractivity contribution in [3.05, 3.63) is 52.9 Å². The number of benzene rings is 1. The van der Waals surface area contributed by atoms with Gasteiger partial charge in [0.2, 0.25) is 5.95 Å². The smallest absolute Gasteiger partial charge is 0.223 e. The molecule has 1 aromatic carbocycles. The molecule has 0 saturated carbocycles. The third-order valence-corrected chi connectivity index (χ3v) is 2.60. The first-order chi connectivity index (χ1) is 9.02. The molecule has 5 heteroatoms. The molecule has 3 nitrogen and oxygen atoms in total. The summed E-state index contributed by atoms with van der Waals surface area (Å²) in [4.78, 5) is 8.46. The van der Waals surface area contributed by atoms with Crippen molar-refractivity contribution in [3.63, 3.8) is 0 Å². The van der Waals surface area contributed by atoms with E-state index in [1.54, 1.807) is 0 Å². The van der Waals surface area contributed by atoms with Gasteiger partial charge >= 0.3 is 0 Å². The molecule has 1 heterocycles. The van der Waals surface area contributed by atoms with Gasteiger partial charge in [-0.1, -0.05) is 0 Å². The van der Waals surface area contributed by atoms with Gasteiger partial charge in [0.05, 0.1) is 0 Å². The van der Waals surface area contributed by atoms with Gasteiger partial charge in [0.1, 0.15) is 11.6 Å². The Balaban J connectivity index is 1.96. The second-order valence-corrected chi connectivity index (χ2v) is 4.43. The van der Waals surface area contributed by atoms with E-state index in [0.717, 1.165) is 17.5 Å². The average Bonchev–Trinajstić information content (AvgIpc) is 2.26. The zero-order valence-corrected chi connectivity index (χ0v) is 10.9. The number of rotatable bonds is 4. The van der Waals surface area contributed by atoms with Crippen LogP contribution >= 0.6 is 0 Å². The highest BCUT2D eigenvalue weighted by Gasteiger charge is 2.02. The Bertz CT molecular complexity index is 493. The van der Waals surface area contributed by atoms with Crippen LogP contribution in [-0.4, -0.2) is 16.5 Å². The molecule has 0 atom stereocenters. The highest BCUT2D eigenvalue weighted by atomic mass is 19.1. The number of aryl methyl sites for hydroxylation is 2. The van der Waals surface area contributed by atoms with Gasteiger partial charge in [0.15, 0.2) is 0 Å². The van der Waals surface area contributed by atoms with Gasteiger partial charge in [-0.25, -0.2) is 18.7 Å². The molecule has 100 valence electrons. The van der Waals surface area contributed by atoms with Crippen molar-refractivity contribution in [1.82, 2.24) is 9.97 Å². The third kappa shape index (κ3) is 3.98. The Kier molecular flexibility index (Phi) is 4.04. The molecule has 1 aromatic heterocycles. The van der Waals surface area contributed by atoms with Crippen LogP contribution in [0.15, 0.2) is 24.3 Å². The number of nitrogens with zero attached hydrogens (tertiary/aromatic N) is 2. The Labute approximate surface area is 110 Å². The zero-order chi connectivity index (χ0) is 13.8. The minimum absolute atomic E-state index is 0.505. The van der Waals surface area contributed by atoms with Gasteiger partial charge in [0, 0.05) is 24.0 Å². The molecule has 2 aromatic rings. The summed E-state index contributed by atoms with van der Waals surface area (Å²) in [6, 6.07) is 5.40. The quantitative estimate of drug-likeness (QED) is 0.921. The Hall–Kier alpha value is -2.04. The molecule has 19 heavy (non-hydrogen) atoms. The van der Waals surface area contributed by atoms with Crippen molar-refractivity contribution in [2.45, 2.75) is 20.3 Å². The molecular weight excluding hydrogens is 248 g/mol. The van der Waals surface area contributed by atoms with Gasteiger partial charge in [-0.2, -0.15) is 0 Å². The number of hydrogen-bond acceptors (Lipinski definition) is 3. The van der Waals surface area contributed by atoms with E-state index >= 15 is 0 Å². The highest BCUT2D eigenvalue weighted by Crippen LogP contribution is 2.09. The van der Waals surface area contributed by atoms with Crippen LogP contribution in [0.4, 0.5) is 14.7 Å². The first-order valence-electron chi connectivity index (χ1n) is 6.04. The summed E-state index contributed by atoms with van der Waals surface area (Å²) in [7, 11) is 0. The summed E-state index contributed by atoms with van der Waals surface area (Å²) in [5.41, 5.74) is 2.37. The number of hydrogen-bond donors (Lipinski definition) is 1. The zero-order valence-electron chi connectivity index (χ0n) is 10.9. The minimum atomic E-state index is -0.558. The molecule has 0 amide bonds. The Morgan fingerprint density at radius 3 is 2.11 bits per heavy atom. The van der Waals surface area contributed by atoms with Crippen molar-refractivity contribution in [3.8, 4) is 0 Å². The van der Waals surface area contributed by atoms with Gasteiger partial charge in [-0.05, 0) is 44.0 Å². The van der Waals surface area contributed by atoms with Crippen LogP contribution in [0.25, 0.3) is 0 Å². The molecule has 2 rings (SSSR count). The van der Waals surface area contributed by atoms with E-state index < -0.39 is 11.6 Å². The van der Waals surface area contributed by atoms with Gasteiger partial charge in [-0.3, -0.25) is 0 Å². The Morgan fingerprint density at radius 2 is 1.53 bits per heavy atom. The predicted molar refractivity (Wildman–Crippen MR) is 70.1 cm³/mol. The molecule has 0 bridgehead atoms. The molecule has 0 unspecified atom stereocenters. The maximum atomic E-state index is 13.0. The molecule has 0 aliphatic heterocycles. The van der Waals surface area contributed by atoms with E-state index in [2.05, 4.69) is 15.3 Å². The van der Waals surface area contributed by atoms with Gasteiger partial charge in [-0.15, -0.1) is 0 Å². The molecule has 0 saturated heterocycles. The Morgan fingerprint density at radius 1 is 0.947 bits per heavy atom. The molecule has 0 aliphatic carbocycles. The van der Waals surface area contributed by atoms with E-state index in [1.807, 2.05) is 19.9 Å². The monoisotopic (exact) mass is 263 g/mol. The van der Waals surface area contributed by atoms with Crippen LogP contribution in [0.2, 0.25) is 0 Å². The van der Waals surface area contributed by atoms with E-state index in [1.165, 1.54) is 12.1 Å². The SMILES string of the molecule is Cc1cc(C)nc(NCCc2cc(F)cc(F)c2)n1. The number of nitrogens with one attached hydrogen (secondary N) is 1. The predicted octanol–water partition coefficient (Wildman–Crippen LogP) is 3.03. The maximum Gasteiger partial charge on any atom is 0.223 e. The van der Waals surface area contributed by atoms with E-state index in [9.17, 15) is 8.78 Å². The average molecular weight is 263 g/mol. The number of halogens is 2. The van der Waals surface area contributed by atoms with E-state index in [0.29, 0.717) is 24.5 Å². The van der Waals surface area contributed by atoms with Crippen LogP contribution in [-0.2, 0) is 6.42 Å². The largest absolute Gasteiger partial charge is 0.354 e. The first-order valence-corrected chi connectivity index (χ1v) is 6.04. The molecule has 0 spiro atoms. The molecular formula is C14H15F2N3. The van der Waals surface area contributed by atoms with E-state index in [-0.39, 0.29) is 0 Å². The summed E-state index contributed by atoms with van der Waals surface area (Å²) in [5.74, 6) is -0.579. The highest BCUT2D eigenvalue weighted by molar-refractivity contribution is 5.28. The fraction of sp³-hybridized carbons (Fsp3) is 0.286. The summed E-state index contributed by atoms with van der Waals surface area (Å²) in [6.45, 7) is 4.30. The van der Waals surface area contributed by atoms with Crippen molar-refractivity contribution in [1.29, 1.82) is 0 Å². The summed E-state index contributed by atoms with van der Waals surface area (Å²) in [6.07, 6.45) is 0.505. The third-order valence-electron chi connectivity index (χ3n) is 2.60. The number of aromatic nitrogens is 2. The lowest BCUT2D eigenvalue weighted by atomic mass is 10.1. The summed E-state index contributed by atoms with van der Waals surface area (Å²) >= 11 is 0. The second-order valence-electron chi connectivity index (χ2n) is 4.43. The topological polar surface area (TPSA) is 37.8 Å². The lowest BCUT2D eigenvalue weighted by molar-refractivity contribution is 0.580. The number of anilines is 1. The minimum Gasteiger partial charge on any atom is -0.354 e. The maximum absolute atomic E-state index is 13.0. The van der Waals surface area contributed by atoms with E-state index in [4.69, 9.17) is 0 Å². The van der Waals surface area contributed by atoms with Crippen LogP contribution in [0.5, 0.6) is 0 Å². The van der Waals surface area contributed by atoms with Crippen molar-refractivity contribution in [2.24, 2.45) is 0 Å². The first kappa shape index (κ1) is 13.4. The fourth-order valence-corrected chi connectivity index (χ4v) is 1.88. The lowest BCUT2D eigenvalue weighted by Crippen LogP contribution is -2.09. The molecule has 0 aliphatic rings. The van der Waals surface area contributed by atoms with Crippen molar-refractivity contribution >= 4 is 5.95 Å². The van der Waals surface area contributed by atoms with Crippen LogP contribution in [0.1, 0.15) is 17.0 Å². The van der Waals surface area contributed by atoms with Crippen LogP contribution < -0.4 is 5.32 Å². The lowest BCUT2D eigenvalue weighted by Gasteiger charge is -2.07. The van der Waals surface area contributed by atoms with Crippen LogP contribution in [0.3, 0.4) is 0 Å². The summed E-state index contributed by atoms with van der Waals surface area (Å²) < 4.78 is 26.0. The molecule has 0 fully saturated rings. The normalized spacial score (nSPS) is 10.5. The summed E-state index contributed by atoms with van der Waals surface area (Å²) in [5, 5.41) is 3.05. The standard InChI is InChI=1S/C14H15F2N3/c1-9-5-10(2)19-14(18-9)17-4-3-11-6-12(15)8-13(16)7-11/h5-8H,3-4H2,1-2H3,(H,17,18,19).